The summed E-state index contributed by atoms with van der Waals surface area (Å²) in [5.74, 6) is -0.727. The summed E-state index contributed by atoms with van der Waals surface area (Å²) < 4.78 is 8.18. The fourth-order valence-electron chi connectivity index (χ4n) is 4.40. The van der Waals surface area contributed by atoms with Crippen LogP contribution in [0.5, 0.6) is 5.75 Å². The molecule has 188 valence electrons. The number of benzene rings is 2. The number of nitrogens with zero attached hydrogens (tertiary/aromatic N) is 2. The second kappa shape index (κ2) is 10.8. The topological polar surface area (TPSA) is 64.4 Å². The minimum Gasteiger partial charge on any atom is -0.487 e. The van der Waals surface area contributed by atoms with Gasteiger partial charge in [0.25, 0.3) is 0 Å². The number of pyridine rings is 1. The van der Waals surface area contributed by atoms with Gasteiger partial charge in [-0.1, -0.05) is 57.2 Å². The van der Waals surface area contributed by atoms with E-state index in [0.717, 1.165) is 44.1 Å². The van der Waals surface area contributed by atoms with Gasteiger partial charge in [0.2, 0.25) is 0 Å². The Morgan fingerprint density at radius 2 is 1.86 bits per heavy atom. The molecule has 0 spiro atoms. The van der Waals surface area contributed by atoms with Crippen LogP contribution < -0.4 is 4.74 Å². The SMILES string of the molecule is CCn1c(C(Cc2ccccc2)C(=O)O)c(SC(C)(C)C)c2cc(OCc3ccc(C)cn3)ccc21. The van der Waals surface area contributed by atoms with E-state index in [4.69, 9.17) is 4.74 Å². The first-order valence-corrected chi connectivity index (χ1v) is 13.1. The average molecular weight is 503 g/mol. The molecule has 0 radical (unpaired) electrons. The molecule has 0 aliphatic carbocycles. The zero-order chi connectivity index (χ0) is 25.9. The molecule has 2 aromatic heterocycles. The minimum absolute atomic E-state index is 0.0971. The van der Waals surface area contributed by atoms with Gasteiger partial charge in [-0.3, -0.25) is 9.78 Å². The molecule has 2 heterocycles. The highest BCUT2D eigenvalue weighted by atomic mass is 32.2. The van der Waals surface area contributed by atoms with E-state index in [1.807, 2.05) is 67.7 Å². The van der Waals surface area contributed by atoms with Crippen LogP contribution in [0.2, 0.25) is 0 Å². The lowest BCUT2D eigenvalue weighted by Crippen LogP contribution is -2.20. The van der Waals surface area contributed by atoms with E-state index in [-0.39, 0.29) is 4.75 Å². The highest BCUT2D eigenvalue weighted by Gasteiger charge is 2.31. The first kappa shape index (κ1) is 25.8. The van der Waals surface area contributed by atoms with Crippen molar-refractivity contribution in [1.29, 1.82) is 0 Å². The highest BCUT2D eigenvalue weighted by molar-refractivity contribution is 8.00. The van der Waals surface area contributed by atoms with E-state index < -0.39 is 11.9 Å². The molecule has 0 amide bonds. The molecule has 4 aromatic rings. The Balaban J connectivity index is 1.80. The molecule has 1 unspecified atom stereocenters. The second-order valence-electron chi connectivity index (χ2n) is 10.0. The number of carboxylic acids is 1. The van der Waals surface area contributed by atoms with E-state index in [1.54, 1.807) is 11.8 Å². The predicted octanol–water partition coefficient (Wildman–Crippen LogP) is 7.25. The van der Waals surface area contributed by atoms with Crippen LogP contribution in [0.25, 0.3) is 10.9 Å². The second-order valence-corrected chi connectivity index (χ2v) is 11.9. The molecule has 0 fully saturated rings. The normalized spacial score (nSPS) is 12.6. The Bertz CT molecular complexity index is 1340. The quantitative estimate of drug-likeness (QED) is 0.244. The molecule has 1 atom stereocenters. The number of rotatable bonds is 9. The van der Waals surface area contributed by atoms with Crippen LogP contribution >= 0.6 is 11.8 Å². The van der Waals surface area contributed by atoms with Crippen molar-refractivity contribution in [2.45, 2.75) is 69.8 Å². The summed E-state index contributed by atoms with van der Waals surface area (Å²) in [7, 11) is 0. The molecule has 6 heteroatoms. The molecular formula is C30H34N2O3S. The number of aryl methyl sites for hydroxylation is 2. The standard InChI is InChI=1S/C30H34N2O3S/c1-6-32-26-15-14-23(35-19-22-13-12-20(2)18-31-22)17-24(26)28(36-30(3,4)5)27(32)25(29(33)34)16-21-10-8-7-9-11-21/h7-15,17-18,25H,6,16,19H2,1-5H3,(H,33,34). The molecule has 0 aliphatic rings. The summed E-state index contributed by atoms with van der Waals surface area (Å²) in [6.07, 6.45) is 2.28. The Morgan fingerprint density at radius 3 is 2.47 bits per heavy atom. The Hall–Kier alpha value is -3.25. The monoisotopic (exact) mass is 502 g/mol. The number of carbonyl (C=O) groups is 1. The highest BCUT2D eigenvalue weighted by Crippen LogP contribution is 2.45. The van der Waals surface area contributed by atoms with Crippen LogP contribution in [0, 0.1) is 6.92 Å². The zero-order valence-electron chi connectivity index (χ0n) is 21.6. The summed E-state index contributed by atoms with van der Waals surface area (Å²) in [4.78, 5) is 18.1. The number of fused-ring (bicyclic) bond motifs is 1. The molecule has 5 nitrogen and oxygen atoms in total. The smallest absolute Gasteiger partial charge is 0.312 e. The van der Waals surface area contributed by atoms with Gasteiger partial charge in [0.05, 0.1) is 5.69 Å². The molecule has 36 heavy (non-hydrogen) atoms. The van der Waals surface area contributed by atoms with Crippen molar-refractivity contribution in [3.8, 4) is 5.75 Å². The van der Waals surface area contributed by atoms with Crippen molar-refractivity contribution < 1.29 is 14.6 Å². The molecule has 2 aromatic carbocycles. The Labute approximate surface area is 217 Å². The fourth-order valence-corrected chi connectivity index (χ4v) is 5.65. The van der Waals surface area contributed by atoms with E-state index in [1.165, 1.54) is 0 Å². The molecule has 4 rings (SSSR count). The summed E-state index contributed by atoms with van der Waals surface area (Å²) in [6.45, 7) is 11.6. The van der Waals surface area contributed by atoms with E-state index in [0.29, 0.717) is 19.6 Å². The van der Waals surface area contributed by atoms with Gasteiger partial charge in [0.1, 0.15) is 18.3 Å². The summed E-state index contributed by atoms with van der Waals surface area (Å²) in [6, 6.07) is 19.9. The lowest BCUT2D eigenvalue weighted by Gasteiger charge is -2.22. The van der Waals surface area contributed by atoms with Gasteiger partial charge in [-0.05, 0) is 55.7 Å². The predicted molar refractivity (Wildman–Crippen MR) is 147 cm³/mol. The average Bonchev–Trinajstić information content (AvgIpc) is 3.13. The van der Waals surface area contributed by atoms with Gasteiger partial charge in [0.15, 0.2) is 0 Å². The molecule has 1 N–H and O–H groups in total. The number of hydrogen-bond donors (Lipinski definition) is 1. The number of aromatic nitrogens is 2. The molecule has 0 saturated heterocycles. The summed E-state index contributed by atoms with van der Waals surface area (Å²) in [5, 5.41) is 11.4. The number of carboxylic acid groups (broad SMARTS) is 1. The minimum atomic E-state index is -0.811. The first-order chi connectivity index (χ1) is 17.2. The lowest BCUT2D eigenvalue weighted by atomic mass is 9.96. The van der Waals surface area contributed by atoms with Crippen LogP contribution in [-0.2, 0) is 24.4 Å². The molecular weight excluding hydrogens is 468 g/mol. The van der Waals surface area contributed by atoms with Crippen molar-refractivity contribution in [1.82, 2.24) is 9.55 Å². The summed E-state index contributed by atoms with van der Waals surface area (Å²) in [5.41, 5.74) is 4.88. The van der Waals surface area contributed by atoms with Crippen LogP contribution in [0.15, 0.2) is 71.8 Å². The van der Waals surface area contributed by atoms with Gasteiger partial charge in [-0.25, -0.2) is 0 Å². The zero-order valence-corrected chi connectivity index (χ0v) is 22.4. The number of thioether (sulfide) groups is 1. The number of ether oxygens (including phenoxy) is 1. The van der Waals surface area contributed by atoms with Crippen LogP contribution in [0.3, 0.4) is 0 Å². The van der Waals surface area contributed by atoms with E-state index in [9.17, 15) is 9.90 Å². The van der Waals surface area contributed by atoms with Gasteiger partial charge < -0.3 is 14.4 Å². The fraction of sp³-hybridized carbons (Fsp3) is 0.333. The van der Waals surface area contributed by atoms with Gasteiger partial charge in [0, 0.05) is 39.0 Å². The third-order valence-corrected chi connectivity index (χ3v) is 7.27. The Kier molecular flexibility index (Phi) is 7.74. The largest absolute Gasteiger partial charge is 0.487 e. The maximum atomic E-state index is 12.7. The third kappa shape index (κ3) is 5.93. The maximum Gasteiger partial charge on any atom is 0.312 e. The van der Waals surface area contributed by atoms with Gasteiger partial charge in [-0.2, -0.15) is 0 Å². The molecule has 0 bridgehead atoms. The van der Waals surface area contributed by atoms with Crippen LogP contribution in [0.1, 0.15) is 56.1 Å². The Morgan fingerprint density at radius 1 is 1.11 bits per heavy atom. The molecule has 0 aliphatic heterocycles. The summed E-state index contributed by atoms with van der Waals surface area (Å²) >= 11 is 1.72. The van der Waals surface area contributed by atoms with Crippen LogP contribution in [0.4, 0.5) is 0 Å². The van der Waals surface area contributed by atoms with Crippen molar-refractivity contribution in [3.63, 3.8) is 0 Å². The van der Waals surface area contributed by atoms with Crippen molar-refractivity contribution in [3.05, 3.63) is 89.4 Å². The first-order valence-electron chi connectivity index (χ1n) is 12.3. The van der Waals surface area contributed by atoms with Gasteiger partial charge >= 0.3 is 5.97 Å². The maximum absolute atomic E-state index is 12.7. The van der Waals surface area contributed by atoms with Gasteiger partial charge in [-0.15, -0.1) is 11.8 Å². The van der Waals surface area contributed by atoms with E-state index >= 15 is 0 Å². The number of aliphatic carboxylic acids is 1. The van der Waals surface area contributed by atoms with Crippen molar-refractivity contribution in [2.75, 3.05) is 0 Å². The van der Waals surface area contributed by atoms with Crippen molar-refractivity contribution >= 4 is 28.6 Å². The van der Waals surface area contributed by atoms with E-state index in [2.05, 4.69) is 43.3 Å². The van der Waals surface area contributed by atoms with Crippen LogP contribution in [-0.4, -0.2) is 25.4 Å². The number of hydrogen-bond acceptors (Lipinski definition) is 4. The van der Waals surface area contributed by atoms with Crippen molar-refractivity contribution in [2.24, 2.45) is 0 Å². The third-order valence-electron chi connectivity index (χ3n) is 6.02. The lowest BCUT2D eigenvalue weighted by molar-refractivity contribution is -0.139. The molecule has 0 saturated carbocycles.